The van der Waals surface area contributed by atoms with E-state index in [-0.39, 0.29) is 0 Å². The second-order valence-electron chi connectivity index (χ2n) is 11.8. The van der Waals surface area contributed by atoms with Gasteiger partial charge >= 0.3 is 0 Å². The lowest BCUT2D eigenvalue weighted by Crippen LogP contribution is -2.34. The molecule has 2 fully saturated rings. The third-order valence-corrected chi connectivity index (χ3v) is 9.67. The predicted molar refractivity (Wildman–Crippen MR) is 142 cm³/mol. The number of terminal acetylenes is 1. The van der Waals surface area contributed by atoms with Crippen molar-refractivity contribution >= 4 is 0 Å². The van der Waals surface area contributed by atoms with Gasteiger partial charge in [0.05, 0.1) is 0 Å². The number of hydrogen-bond acceptors (Lipinski definition) is 1. The maximum absolute atomic E-state index is 6.43. The maximum Gasteiger partial charge on any atom is 0.0228 e. The Labute approximate surface area is 202 Å². The average Bonchev–Trinajstić information content (AvgIpc) is 2.74. The highest BCUT2D eigenvalue weighted by Gasteiger charge is 2.35. The molecule has 1 heteroatoms. The fraction of sp³-hybridized carbons (Fsp3) is 0.935. The fourth-order valence-corrected chi connectivity index (χ4v) is 6.66. The molecule has 0 saturated heterocycles. The van der Waals surface area contributed by atoms with Gasteiger partial charge in [0.15, 0.2) is 0 Å². The molecule has 5 unspecified atom stereocenters. The molecule has 0 aromatic rings. The first kappa shape index (κ1) is 27.8. The van der Waals surface area contributed by atoms with Crippen LogP contribution in [0.4, 0.5) is 0 Å². The summed E-state index contributed by atoms with van der Waals surface area (Å²) in [6.45, 7) is 9.42. The van der Waals surface area contributed by atoms with Gasteiger partial charge in [-0.05, 0) is 93.3 Å². The van der Waals surface area contributed by atoms with Crippen molar-refractivity contribution in [2.24, 2.45) is 47.2 Å². The highest BCUT2D eigenvalue weighted by Crippen LogP contribution is 2.45. The highest BCUT2D eigenvalue weighted by molar-refractivity contribution is 4.98. The summed E-state index contributed by atoms with van der Waals surface area (Å²) >= 11 is 0. The minimum Gasteiger partial charge on any atom is -0.328 e. The summed E-state index contributed by atoms with van der Waals surface area (Å²) in [6, 6.07) is 0.412. The van der Waals surface area contributed by atoms with Crippen molar-refractivity contribution in [2.45, 2.75) is 143 Å². The van der Waals surface area contributed by atoms with Gasteiger partial charge in [-0.1, -0.05) is 79.1 Å². The molecular weight excluding hydrogens is 386 g/mol. The Kier molecular flexibility index (Phi) is 13.4. The van der Waals surface area contributed by atoms with Crippen molar-refractivity contribution < 1.29 is 0 Å². The van der Waals surface area contributed by atoms with Crippen molar-refractivity contribution in [3.05, 3.63) is 0 Å². The average molecular weight is 444 g/mol. The van der Waals surface area contributed by atoms with Crippen LogP contribution < -0.4 is 5.73 Å². The van der Waals surface area contributed by atoms with Crippen molar-refractivity contribution in [3.8, 4) is 12.3 Å². The van der Waals surface area contributed by atoms with E-state index in [9.17, 15) is 0 Å². The van der Waals surface area contributed by atoms with E-state index in [4.69, 9.17) is 12.2 Å². The fourth-order valence-electron chi connectivity index (χ4n) is 6.66. The molecule has 0 aliphatic heterocycles. The summed E-state index contributed by atoms with van der Waals surface area (Å²) in [5.74, 6) is 9.19. The molecular formula is C31H57N. The van der Waals surface area contributed by atoms with Crippen molar-refractivity contribution in [2.75, 3.05) is 0 Å². The highest BCUT2D eigenvalue weighted by atomic mass is 14.6. The SMILES string of the molecule is C#CC(CCC(CC)CCC(CC)CCC(CC(N)CC)C1CC(CCC)C1)C1CCC1. The Morgan fingerprint density at radius 3 is 1.88 bits per heavy atom. The van der Waals surface area contributed by atoms with Gasteiger partial charge in [-0.15, -0.1) is 12.3 Å². The molecule has 0 aromatic heterocycles. The molecule has 5 atom stereocenters. The van der Waals surface area contributed by atoms with E-state index in [1.54, 1.807) is 0 Å². The van der Waals surface area contributed by atoms with E-state index >= 15 is 0 Å². The standard InChI is InChI=1S/C31H57N/c1-6-12-26-21-30(22-26)29(23-31(32)10-5)20-18-25(8-3)16-15-24(7-2)17-19-27(9-4)28-13-11-14-28/h4,24-31H,6-8,10-23,32H2,1-3,5H3. The molecule has 1 nitrogen and oxygen atoms in total. The molecule has 0 bridgehead atoms. The molecule has 2 saturated carbocycles. The Morgan fingerprint density at radius 2 is 1.41 bits per heavy atom. The molecule has 0 heterocycles. The Hall–Kier alpha value is -0.480. The van der Waals surface area contributed by atoms with Crippen molar-refractivity contribution in [3.63, 3.8) is 0 Å². The number of hydrogen-bond donors (Lipinski definition) is 1. The van der Waals surface area contributed by atoms with Crippen molar-refractivity contribution in [1.82, 2.24) is 0 Å². The van der Waals surface area contributed by atoms with Gasteiger partial charge in [0.25, 0.3) is 0 Å². The first-order chi connectivity index (χ1) is 15.5. The molecule has 32 heavy (non-hydrogen) atoms. The summed E-state index contributed by atoms with van der Waals surface area (Å²) in [4.78, 5) is 0. The van der Waals surface area contributed by atoms with E-state index in [1.165, 1.54) is 103 Å². The zero-order chi connectivity index (χ0) is 23.3. The summed E-state index contributed by atoms with van der Waals surface area (Å²) in [5, 5.41) is 0. The van der Waals surface area contributed by atoms with Gasteiger partial charge in [-0.2, -0.15) is 0 Å². The van der Waals surface area contributed by atoms with E-state index in [1.807, 2.05) is 0 Å². The topological polar surface area (TPSA) is 26.0 Å². The summed E-state index contributed by atoms with van der Waals surface area (Å²) < 4.78 is 0. The van der Waals surface area contributed by atoms with Crippen LogP contribution in [0, 0.1) is 53.8 Å². The normalized spacial score (nSPS) is 25.8. The summed E-state index contributed by atoms with van der Waals surface area (Å²) in [7, 11) is 0. The van der Waals surface area contributed by atoms with Crippen LogP contribution in [0.2, 0.25) is 0 Å². The van der Waals surface area contributed by atoms with Crippen LogP contribution in [0.15, 0.2) is 0 Å². The molecule has 0 aromatic carbocycles. The van der Waals surface area contributed by atoms with Crippen LogP contribution in [0.5, 0.6) is 0 Å². The van der Waals surface area contributed by atoms with Gasteiger partial charge in [0, 0.05) is 12.0 Å². The molecule has 0 amide bonds. The zero-order valence-corrected chi connectivity index (χ0v) is 22.3. The Morgan fingerprint density at radius 1 is 0.812 bits per heavy atom. The first-order valence-electron chi connectivity index (χ1n) is 14.8. The first-order valence-corrected chi connectivity index (χ1v) is 14.8. The third-order valence-electron chi connectivity index (χ3n) is 9.67. The second kappa shape index (κ2) is 15.4. The Balaban J connectivity index is 1.75. The predicted octanol–water partition coefficient (Wildman–Crippen LogP) is 9.00. The van der Waals surface area contributed by atoms with E-state index in [0.29, 0.717) is 12.0 Å². The Bertz CT molecular complexity index is 509. The lowest BCUT2D eigenvalue weighted by Gasteiger charge is -2.42. The number of rotatable bonds is 18. The molecule has 2 rings (SSSR count). The lowest BCUT2D eigenvalue weighted by atomic mass is 9.64. The minimum absolute atomic E-state index is 0.412. The van der Waals surface area contributed by atoms with Gasteiger partial charge in [0.2, 0.25) is 0 Å². The van der Waals surface area contributed by atoms with Crippen LogP contribution in [-0.2, 0) is 0 Å². The molecule has 2 aliphatic carbocycles. The largest absolute Gasteiger partial charge is 0.328 e. The second-order valence-corrected chi connectivity index (χ2v) is 11.8. The van der Waals surface area contributed by atoms with E-state index in [2.05, 4.69) is 33.6 Å². The van der Waals surface area contributed by atoms with E-state index < -0.39 is 0 Å². The van der Waals surface area contributed by atoms with Crippen LogP contribution in [0.25, 0.3) is 0 Å². The van der Waals surface area contributed by atoms with Crippen LogP contribution in [0.3, 0.4) is 0 Å². The zero-order valence-electron chi connectivity index (χ0n) is 22.3. The van der Waals surface area contributed by atoms with Crippen LogP contribution in [0.1, 0.15) is 137 Å². The van der Waals surface area contributed by atoms with Crippen LogP contribution >= 0.6 is 0 Å². The molecule has 0 spiro atoms. The third kappa shape index (κ3) is 9.05. The van der Waals surface area contributed by atoms with Gasteiger partial charge in [0.1, 0.15) is 0 Å². The smallest absolute Gasteiger partial charge is 0.0228 e. The quantitative estimate of drug-likeness (QED) is 0.210. The lowest BCUT2D eigenvalue weighted by molar-refractivity contribution is 0.0944. The molecule has 186 valence electrons. The molecule has 2 aliphatic rings. The van der Waals surface area contributed by atoms with Gasteiger partial charge in [-0.3, -0.25) is 0 Å². The number of nitrogens with two attached hydrogens (primary N) is 1. The summed E-state index contributed by atoms with van der Waals surface area (Å²) in [5.41, 5.74) is 6.43. The molecule has 2 N–H and O–H groups in total. The van der Waals surface area contributed by atoms with Gasteiger partial charge < -0.3 is 5.73 Å². The van der Waals surface area contributed by atoms with Crippen molar-refractivity contribution in [1.29, 1.82) is 0 Å². The summed E-state index contributed by atoms with van der Waals surface area (Å²) in [6.07, 6.45) is 29.2. The van der Waals surface area contributed by atoms with Gasteiger partial charge in [-0.25, -0.2) is 0 Å². The minimum atomic E-state index is 0.412. The monoisotopic (exact) mass is 443 g/mol. The van der Waals surface area contributed by atoms with E-state index in [0.717, 1.165) is 41.9 Å². The maximum atomic E-state index is 6.43. The molecule has 0 radical (unpaired) electrons. The van der Waals surface area contributed by atoms with Crippen LogP contribution in [-0.4, -0.2) is 6.04 Å².